The molecule has 1 aromatic heterocycles. The smallest absolute Gasteiger partial charge is 0.216 e. The van der Waals surface area contributed by atoms with E-state index in [4.69, 9.17) is 17.0 Å². The van der Waals surface area contributed by atoms with Crippen LogP contribution in [0.2, 0.25) is 0 Å². The van der Waals surface area contributed by atoms with Gasteiger partial charge in [-0.1, -0.05) is 23.8 Å². The van der Waals surface area contributed by atoms with Crippen molar-refractivity contribution >= 4 is 18.4 Å². The second-order valence-electron chi connectivity index (χ2n) is 5.21. The van der Waals surface area contributed by atoms with E-state index in [9.17, 15) is 5.11 Å². The number of phenolic OH excluding ortho intramolecular Hbond substituents is 1. The Morgan fingerprint density at radius 1 is 1.29 bits per heavy atom. The fraction of sp³-hybridized carbons (Fsp3) is 0.118. The quantitative estimate of drug-likeness (QED) is 0.563. The molecule has 3 aromatic rings. The number of phenols is 1. The third kappa shape index (κ3) is 3.21. The number of nitrogens with zero attached hydrogens (tertiary/aromatic N) is 3. The highest BCUT2D eigenvalue weighted by Gasteiger charge is 2.08. The Kier molecular flexibility index (Phi) is 4.43. The maximum Gasteiger partial charge on any atom is 0.216 e. The van der Waals surface area contributed by atoms with Gasteiger partial charge in [0.05, 0.1) is 13.3 Å². The molecule has 0 amide bonds. The molecule has 122 valence electrons. The van der Waals surface area contributed by atoms with Gasteiger partial charge in [-0.3, -0.25) is 0 Å². The van der Waals surface area contributed by atoms with Crippen LogP contribution in [-0.2, 0) is 0 Å². The van der Waals surface area contributed by atoms with Crippen LogP contribution in [0.1, 0.15) is 11.1 Å². The van der Waals surface area contributed by atoms with E-state index in [0.29, 0.717) is 16.3 Å². The van der Waals surface area contributed by atoms with Crippen molar-refractivity contribution in [3.05, 3.63) is 58.4 Å². The van der Waals surface area contributed by atoms with Gasteiger partial charge in [0.1, 0.15) is 0 Å². The summed E-state index contributed by atoms with van der Waals surface area (Å²) >= 11 is 5.26. The number of benzene rings is 2. The lowest BCUT2D eigenvalue weighted by Crippen LogP contribution is -1.95. The van der Waals surface area contributed by atoms with Gasteiger partial charge in [0.2, 0.25) is 4.77 Å². The van der Waals surface area contributed by atoms with Crippen LogP contribution < -0.4 is 4.74 Å². The van der Waals surface area contributed by atoms with Crippen LogP contribution in [0, 0.1) is 11.7 Å². The zero-order chi connectivity index (χ0) is 17.1. The summed E-state index contributed by atoms with van der Waals surface area (Å²) in [7, 11) is 1.50. The lowest BCUT2D eigenvalue weighted by Gasteiger charge is -2.04. The molecule has 0 unspecified atom stereocenters. The van der Waals surface area contributed by atoms with Gasteiger partial charge in [-0.25, -0.2) is 5.10 Å². The molecule has 0 saturated carbocycles. The Balaban J connectivity index is 1.99. The number of aromatic nitrogens is 3. The van der Waals surface area contributed by atoms with Gasteiger partial charge in [-0.15, -0.1) is 0 Å². The van der Waals surface area contributed by atoms with Crippen molar-refractivity contribution in [1.82, 2.24) is 14.9 Å². The molecular weight excluding hydrogens is 324 g/mol. The van der Waals surface area contributed by atoms with Gasteiger partial charge in [0.15, 0.2) is 17.3 Å². The monoisotopic (exact) mass is 340 g/mol. The third-order valence-corrected chi connectivity index (χ3v) is 3.72. The highest BCUT2D eigenvalue weighted by atomic mass is 32.1. The molecule has 2 N–H and O–H groups in total. The molecule has 0 atom stereocenters. The van der Waals surface area contributed by atoms with Crippen LogP contribution in [0.25, 0.3) is 11.4 Å². The average Bonchev–Trinajstić information content (AvgIpc) is 2.95. The fourth-order valence-electron chi connectivity index (χ4n) is 2.27. The molecule has 0 aliphatic heterocycles. The van der Waals surface area contributed by atoms with Crippen molar-refractivity contribution in [2.75, 3.05) is 7.11 Å². The Labute approximate surface area is 144 Å². The topological polar surface area (TPSA) is 75.4 Å². The Bertz CT molecular complexity index is 959. The molecular formula is C17H16N4O2S. The van der Waals surface area contributed by atoms with Crippen molar-refractivity contribution in [2.45, 2.75) is 6.92 Å². The summed E-state index contributed by atoms with van der Waals surface area (Å²) in [4.78, 5) is 0. The number of aromatic hydroxyl groups is 1. The number of ether oxygens (including phenoxy) is 1. The van der Waals surface area contributed by atoms with Crippen LogP contribution >= 0.6 is 12.2 Å². The Hall–Kier alpha value is -2.93. The molecule has 24 heavy (non-hydrogen) atoms. The molecule has 1 heterocycles. The summed E-state index contributed by atoms with van der Waals surface area (Å²) < 4.78 is 7.05. The Morgan fingerprint density at radius 2 is 2.12 bits per heavy atom. The van der Waals surface area contributed by atoms with Crippen molar-refractivity contribution in [3.8, 4) is 22.9 Å². The molecule has 0 aliphatic carbocycles. The van der Waals surface area contributed by atoms with E-state index in [-0.39, 0.29) is 5.75 Å². The summed E-state index contributed by atoms with van der Waals surface area (Å²) in [6, 6.07) is 12.9. The zero-order valence-electron chi connectivity index (χ0n) is 13.2. The minimum Gasteiger partial charge on any atom is -0.504 e. The third-order valence-electron chi connectivity index (χ3n) is 3.45. The van der Waals surface area contributed by atoms with E-state index < -0.39 is 0 Å². The van der Waals surface area contributed by atoms with E-state index in [1.54, 1.807) is 29.1 Å². The van der Waals surface area contributed by atoms with E-state index in [1.165, 1.54) is 7.11 Å². The SMILES string of the molecule is COc1cc(C=Nn2c(-c3cccc(C)c3)n[nH]c2=S)ccc1O. The number of hydrogen-bond acceptors (Lipinski definition) is 5. The summed E-state index contributed by atoms with van der Waals surface area (Å²) in [6.07, 6.45) is 1.63. The predicted octanol–water partition coefficient (Wildman–Crippen LogP) is 3.51. The fourth-order valence-corrected chi connectivity index (χ4v) is 2.45. The molecule has 0 saturated heterocycles. The molecule has 0 spiro atoms. The van der Waals surface area contributed by atoms with Crippen LogP contribution in [0.3, 0.4) is 0 Å². The summed E-state index contributed by atoms with van der Waals surface area (Å²) in [5.41, 5.74) is 2.81. The second kappa shape index (κ2) is 6.67. The normalized spacial score (nSPS) is 11.1. The first kappa shape index (κ1) is 15.9. The molecule has 2 aromatic carbocycles. The van der Waals surface area contributed by atoms with Gasteiger partial charge in [-0.2, -0.15) is 14.9 Å². The van der Waals surface area contributed by atoms with Crippen LogP contribution in [0.15, 0.2) is 47.6 Å². The predicted molar refractivity (Wildman–Crippen MR) is 95.2 cm³/mol. The number of H-pyrrole nitrogens is 1. The highest BCUT2D eigenvalue weighted by molar-refractivity contribution is 7.71. The lowest BCUT2D eigenvalue weighted by atomic mass is 10.1. The van der Waals surface area contributed by atoms with Gasteiger partial charge < -0.3 is 9.84 Å². The Morgan fingerprint density at radius 3 is 2.88 bits per heavy atom. The van der Waals surface area contributed by atoms with Crippen molar-refractivity contribution in [3.63, 3.8) is 0 Å². The first-order chi connectivity index (χ1) is 11.6. The first-order valence-electron chi connectivity index (χ1n) is 7.24. The standard InChI is InChI=1S/C17H16N4O2S/c1-11-4-3-5-13(8-11)16-19-20-17(24)21(16)18-10-12-6-7-14(22)15(9-12)23-2/h3-10,22H,1-2H3,(H,20,24). The molecule has 0 bridgehead atoms. The molecule has 6 nitrogen and oxygen atoms in total. The second-order valence-corrected chi connectivity index (χ2v) is 5.60. The number of rotatable bonds is 4. The largest absolute Gasteiger partial charge is 0.504 e. The summed E-state index contributed by atoms with van der Waals surface area (Å²) in [6.45, 7) is 2.01. The van der Waals surface area contributed by atoms with E-state index in [1.807, 2.05) is 31.2 Å². The van der Waals surface area contributed by atoms with Crippen molar-refractivity contribution < 1.29 is 9.84 Å². The summed E-state index contributed by atoms with van der Waals surface area (Å²) in [5, 5.41) is 21.1. The van der Waals surface area contributed by atoms with Gasteiger partial charge in [0.25, 0.3) is 0 Å². The van der Waals surface area contributed by atoms with Crippen molar-refractivity contribution in [1.29, 1.82) is 0 Å². The van der Waals surface area contributed by atoms with Crippen LogP contribution in [0.5, 0.6) is 11.5 Å². The van der Waals surface area contributed by atoms with Gasteiger partial charge >= 0.3 is 0 Å². The number of aryl methyl sites for hydroxylation is 1. The van der Waals surface area contributed by atoms with Gasteiger partial charge in [-0.05, 0) is 49.0 Å². The maximum absolute atomic E-state index is 9.64. The van der Waals surface area contributed by atoms with E-state index in [2.05, 4.69) is 15.3 Å². The molecule has 0 radical (unpaired) electrons. The number of hydrogen-bond donors (Lipinski definition) is 2. The molecule has 0 aliphatic rings. The molecule has 0 fully saturated rings. The lowest BCUT2D eigenvalue weighted by molar-refractivity contribution is 0.373. The minimum atomic E-state index is 0.0787. The van der Waals surface area contributed by atoms with Crippen LogP contribution in [-0.4, -0.2) is 33.3 Å². The van der Waals surface area contributed by atoms with Gasteiger partial charge in [0, 0.05) is 5.56 Å². The highest BCUT2D eigenvalue weighted by Crippen LogP contribution is 2.25. The molecule has 3 rings (SSSR count). The first-order valence-corrected chi connectivity index (χ1v) is 7.65. The molecule has 7 heteroatoms. The number of methoxy groups -OCH3 is 1. The van der Waals surface area contributed by atoms with Crippen LogP contribution in [0.4, 0.5) is 0 Å². The zero-order valence-corrected chi connectivity index (χ0v) is 14.0. The van der Waals surface area contributed by atoms with E-state index in [0.717, 1.165) is 16.7 Å². The minimum absolute atomic E-state index is 0.0787. The number of aromatic amines is 1. The van der Waals surface area contributed by atoms with Crippen molar-refractivity contribution in [2.24, 2.45) is 5.10 Å². The maximum atomic E-state index is 9.64. The summed E-state index contributed by atoms with van der Waals surface area (Å²) in [5.74, 6) is 1.09. The van der Waals surface area contributed by atoms with E-state index >= 15 is 0 Å². The number of nitrogens with one attached hydrogen (secondary N) is 1. The average molecular weight is 340 g/mol.